The normalized spacial score (nSPS) is 16.7. The van der Waals surface area contributed by atoms with E-state index in [0.29, 0.717) is 29.0 Å². The molecule has 1 saturated heterocycles. The van der Waals surface area contributed by atoms with E-state index < -0.39 is 0 Å². The lowest BCUT2D eigenvalue weighted by Crippen LogP contribution is -2.43. The summed E-state index contributed by atoms with van der Waals surface area (Å²) >= 11 is 5.79. The second-order valence-electron chi connectivity index (χ2n) is 4.40. The second-order valence-corrected chi connectivity index (χ2v) is 4.84. The number of aromatic nitrogens is 3. The van der Waals surface area contributed by atoms with E-state index >= 15 is 0 Å². The van der Waals surface area contributed by atoms with Gasteiger partial charge < -0.3 is 9.84 Å². The molecular weight excluding hydrogens is 266 g/mol. The molecule has 2 aromatic rings. The van der Waals surface area contributed by atoms with E-state index in [1.54, 1.807) is 18.3 Å². The second kappa shape index (κ2) is 5.64. The first-order valence-corrected chi connectivity index (χ1v) is 6.56. The minimum atomic E-state index is 0.432. The van der Waals surface area contributed by atoms with Crippen LogP contribution in [0.1, 0.15) is 5.82 Å². The molecule has 7 heteroatoms. The molecule has 0 saturated carbocycles. The molecule has 0 bridgehead atoms. The molecule has 0 unspecified atom stereocenters. The third kappa shape index (κ3) is 3.09. The van der Waals surface area contributed by atoms with Crippen LogP contribution in [0.5, 0.6) is 0 Å². The lowest BCUT2D eigenvalue weighted by atomic mass is 10.3. The summed E-state index contributed by atoms with van der Waals surface area (Å²) in [5, 5.41) is 7.88. The number of piperazine rings is 1. The molecule has 0 aromatic carbocycles. The molecule has 0 radical (unpaired) electrons. The number of hydrogen-bond donors (Lipinski definition) is 1. The molecular formula is C12H14ClN5O. The Morgan fingerprint density at radius 2 is 2.16 bits per heavy atom. The number of halogens is 1. The average molecular weight is 280 g/mol. The highest BCUT2D eigenvalue weighted by Gasteiger charge is 2.15. The minimum absolute atomic E-state index is 0.432. The van der Waals surface area contributed by atoms with Gasteiger partial charge in [0.05, 0.1) is 11.6 Å². The van der Waals surface area contributed by atoms with Crippen LogP contribution in [-0.4, -0.2) is 46.2 Å². The first-order valence-electron chi connectivity index (χ1n) is 6.19. The van der Waals surface area contributed by atoms with Crippen molar-refractivity contribution in [3.63, 3.8) is 0 Å². The Morgan fingerprint density at radius 3 is 2.89 bits per heavy atom. The van der Waals surface area contributed by atoms with Crippen LogP contribution in [-0.2, 0) is 6.54 Å². The summed E-state index contributed by atoms with van der Waals surface area (Å²) in [7, 11) is 0. The molecule has 1 aliphatic heterocycles. The summed E-state index contributed by atoms with van der Waals surface area (Å²) < 4.78 is 5.22. The van der Waals surface area contributed by atoms with E-state index in [4.69, 9.17) is 16.1 Å². The number of nitrogens with zero attached hydrogens (tertiary/aromatic N) is 4. The summed E-state index contributed by atoms with van der Waals surface area (Å²) in [6, 6.07) is 3.52. The maximum absolute atomic E-state index is 5.79. The van der Waals surface area contributed by atoms with Gasteiger partial charge in [0, 0.05) is 32.4 Å². The molecule has 100 valence electrons. The van der Waals surface area contributed by atoms with Gasteiger partial charge in [-0.05, 0) is 12.1 Å². The molecule has 1 N–H and O–H groups in total. The Hall–Kier alpha value is -1.50. The van der Waals surface area contributed by atoms with E-state index in [1.807, 2.05) is 0 Å². The van der Waals surface area contributed by atoms with Gasteiger partial charge in [-0.2, -0.15) is 4.98 Å². The average Bonchev–Trinajstić information content (AvgIpc) is 2.89. The van der Waals surface area contributed by atoms with Crippen molar-refractivity contribution in [1.82, 2.24) is 25.3 Å². The van der Waals surface area contributed by atoms with Crippen LogP contribution >= 0.6 is 11.6 Å². The van der Waals surface area contributed by atoms with Crippen molar-refractivity contribution in [3.05, 3.63) is 29.2 Å². The van der Waals surface area contributed by atoms with Crippen LogP contribution in [0.3, 0.4) is 0 Å². The number of rotatable bonds is 3. The fraction of sp³-hybridized carbons (Fsp3) is 0.417. The fourth-order valence-electron chi connectivity index (χ4n) is 1.99. The van der Waals surface area contributed by atoms with Crippen LogP contribution in [0.2, 0.25) is 5.02 Å². The van der Waals surface area contributed by atoms with Crippen LogP contribution < -0.4 is 5.32 Å². The summed E-state index contributed by atoms with van der Waals surface area (Å²) in [6.45, 7) is 4.72. The minimum Gasteiger partial charge on any atom is -0.332 e. The lowest BCUT2D eigenvalue weighted by Gasteiger charge is -2.25. The van der Waals surface area contributed by atoms with Crippen molar-refractivity contribution in [1.29, 1.82) is 0 Å². The van der Waals surface area contributed by atoms with E-state index in [0.717, 1.165) is 26.2 Å². The van der Waals surface area contributed by atoms with E-state index in [-0.39, 0.29) is 0 Å². The summed E-state index contributed by atoms with van der Waals surface area (Å²) in [4.78, 5) is 10.8. The van der Waals surface area contributed by atoms with Crippen molar-refractivity contribution in [2.45, 2.75) is 6.54 Å². The molecule has 3 rings (SSSR count). The van der Waals surface area contributed by atoms with Gasteiger partial charge in [0.2, 0.25) is 0 Å². The van der Waals surface area contributed by atoms with Crippen molar-refractivity contribution < 1.29 is 4.52 Å². The van der Waals surface area contributed by atoms with Gasteiger partial charge in [0.25, 0.3) is 5.89 Å². The predicted octanol–water partition coefficient (Wildman–Crippen LogP) is 1.19. The highest BCUT2D eigenvalue weighted by atomic mass is 35.5. The van der Waals surface area contributed by atoms with Crippen LogP contribution in [0.25, 0.3) is 11.6 Å². The smallest absolute Gasteiger partial charge is 0.276 e. The Bertz CT molecular complexity index is 535. The van der Waals surface area contributed by atoms with E-state index in [1.165, 1.54) is 0 Å². The van der Waals surface area contributed by atoms with Gasteiger partial charge in [-0.15, -0.1) is 0 Å². The molecule has 0 amide bonds. The number of nitrogens with one attached hydrogen (secondary N) is 1. The zero-order valence-corrected chi connectivity index (χ0v) is 11.1. The van der Waals surface area contributed by atoms with Gasteiger partial charge in [-0.3, -0.25) is 4.90 Å². The van der Waals surface area contributed by atoms with Gasteiger partial charge in [0.1, 0.15) is 5.69 Å². The number of pyridine rings is 1. The van der Waals surface area contributed by atoms with Crippen molar-refractivity contribution in [2.75, 3.05) is 26.2 Å². The first kappa shape index (κ1) is 12.5. The Balaban J connectivity index is 1.70. The first-order chi connectivity index (χ1) is 9.31. The molecule has 1 fully saturated rings. The molecule has 19 heavy (non-hydrogen) atoms. The largest absolute Gasteiger partial charge is 0.332 e. The molecule has 0 atom stereocenters. The molecule has 2 aromatic heterocycles. The van der Waals surface area contributed by atoms with Crippen LogP contribution in [0, 0.1) is 0 Å². The SMILES string of the molecule is Clc1ccc(-c2nc(CN3CCNCC3)no2)nc1. The third-order valence-electron chi connectivity index (χ3n) is 2.99. The Morgan fingerprint density at radius 1 is 1.32 bits per heavy atom. The monoisotopic (exact) mass is 279 g/mol. The van der Waals surface area contributed by atoms with Gasteiger partial charge in [-0.1, -0.05) is 16.8 Å². The Labute approximate surface area is 115 Å². The maximum Gasteiger partial charge on any atom is 0.276 e. The lowest BCUT2D eigenvalue weighted by molar-refractivity contribution is 0.225. The van der Waals surface area contributed by atoms with Crippen LogP contribution in [0.4, 0.5) is 0 Å². The van der Waals surface area contributed by atoms with Crippen molar-refractivity contribution in [3.8, 4) is 11.6 Å². The summed E-state index contributed by atoms with van der Waals surface area (Å²) in [6.07, 6.45) is 1.57. The Kier molecular flexibility index (Phi) is 3.72. The molecule has 1 aliphatic rings. The van der Waals surface area contributed by atoms with E-state index in [2.05, 4.69) is 25.3 Å². The number of hydrogen-bond acceptors (Lipinski definition) is 6. The molecule has 6 nitrogen and oxygen atoms in total. The van der Waals surface area contributed by atoms with E-state index in [9.17, 15) is 0 Å². The van der Waals surface area contributed by atoms with Crippen LogP contribution in [0.15, 0.2) is 22.9 Å². The molecule has 0 aliphatic carbocycles. The zero-order chi connectivity index (χ0) is 13.1. The van der Waals surface area contributed by atoms with Gasteiger partial charge in [-0.25, -0.2) is 4.98 Å². The zero-order valence-electron chi connectivity index (χ0n) is 10.3. The fourth-order valence-corrected chi connectivity index (χ4v) is 2.11. The maximum atomic E-state index is 5.79. The highest BCUT2D eigenvalue weighted by molar-refractivity contribution is 6.30. The highest BCUT2D eigenvalue weighted by Crippen LogP contribution is 2.17. The van der Waals surface area contributed by atoms with Crippen molar-refractivity contribution >= 4 is 11.6 Å². The van der Waals surface area contributed by atoms with Gasteiger partial charge >= 0.3 is 0 Å². The predicted molar refractivity (Wildman–Crippen MR) is 70.7 cm³/mol. The topological polar surface area (TPSA) is 67.1 Å². The van der Waals surface area contributed by atoms with Gasteiger partial charge in [0.15, 0.2) is 5.82 Å². The molecule has 3 heterocycles. The van der Waals surface area contributed by atoms with Crippen molar-refractivity contribution in [2.24, 2.45) is 0 Å². The summed E-state index contributed by atoms with van der Waals surface area (Å²) in [5.41, 5.74) is 0.642. The third-order valence-corrected chi connectivity index (χ3v) is 3.21. The summed E-state index contributed by atoms with van der Waals surface area (Å²) in [5.74, 6) is 1.12. The molecule has 0 spiro atoms. The quantitative estimate of drug-likeness (QED) is 0.910. The standard InChI is InChI=1S/C12H14ClN5O/c13-9-1-2-10(15-7-9)12-16-11(17-19-12)8-18-5-3-14-4-6-18/h1-2,7,14H,3-6,8H2.